The van der Waals surface area contributed by atoms with Crippen molar-refractivity contribution in [3.63, 3.8) is 0 Å². The van der Waals surface area contributed by atoms with E-state index in [1.807, 2.05) is 46.9 Å². The van der Waals surface area contributed by atoms with Gasteiger partial charge >= 0.3 is 0 Å². The van der Waals surface area contributed by atoms with Crippen LogP contribution in [0.15, 0.2) is 5.38 Å². The lowest BCUT2D eigenvalue weighted by Crippen LogP contribution is -2.52. The number of anilines is 1. The van der Waals surface area contributed by atoms with Gasteiger partial charge in [0, 0.05) is 30.1 Å². The molecular formula is C20H40N4O2S. The molecule has 1 aromatic rings. The average molecular weight is 401 g/mol. The van der Waals surface area contributed by atoms with Gasteiger partial charge in [0.25, 0.3) is 6.47 Å². The van der Waals surface area contributed by atoms with Gasteiger partial charge in [-0.1, -0.05) is 41.5 Å². The quantitative estimate of drug-likeness (QED) is 0.667. The molecule has 2 heterocycles. The molecule has 27 heavy (non-hydrogen) atoms. The number of rotatable bonds is 2. The van der Waals surface area contributed by atoms with E-state index in [-0.39, 0.29) is 12.0 Å². The lowest BCUT2D eigenvalue weighted by Gasteiger charge is -2.36. The normalized spacial score (nSPS) is 15.0. The zero-order valence-corrected chi connectivity index (χ0v) is 19.5. The number of aromatic nitrogens is 1. The molecule has 0 saturated carbocycles. The number of thiazole rings is 1. The fraction of sp³-hybridized carbons (Fsp3) is 0.750. The second-order valence-corrected chi connectivity index (χ2v) is 6.75. The van der Waals surface area contributed by atoms with Crippen molar-refractivity contribution in [1.29, 1.82) is 5.26 Å². The van der Waals surface area contributed by atoms with Crippen molar-refractivity contribution in [2.75, 3.05) is 18.0 Å². The highest BCUT2D eigenvalue weighted by Crippen LogP contribution is 2.24. The van der Waals surface area contributed by atoms with Crippen molar-refractivity contribution in [2.24, 2.45) is 0 Å². The van der Waals surface area contributed by atoms with Gasteiger partial charge in [0.15, 0.2) is 10.8 Å². The molecule has 158 valence electrons. The first kappa shape index (κ1) is 30.1. The standard InChI is InChI=1S/C13H20N4S.3C2H6.CH2O2/c1-13(2,3)16-10-5-4-6-17(8-10)12-15-11(7-14)9-18-12;3*1-2;2-1-3/h9-10,16H,4-6,8H2,1-3H3;3*1-2H3;1H,(H,2,3). The fourth-order valence-corrected chi connectivity index (χ4v) is 3.13. The van der Waals surface area contributed by atoms with Crippen molar-refractivity contribution in [2.45, 2.75) is 86.7 Å². The minimum absolute atomic E-state index is 0.147. The molecule has 1 saturated heterocycles. The molecule has 0 bridgehead atoms. The fourth-order valence-electron chi connectivity index (χ4n) is 2.34. The zero-order valence-electron chi connectivity index (χ0n) is 18.7. The van der Waals surface area contributed by atoms with Crippen LogP contribution in [-0.4, -0.2) is 41.2 Å². The van der Waals surface area contributed by atoms with Crippen LogP contribution in [0.4, 0.5) is 5.13 Å². The first-order chi connectivity index (χ1) is 12.9. The van der Waals surface area contributed by atoms with Gasteiger partial charge < -0.3 is 15.3 Å². The summed E-state index contributed by atoms with van der Waals surface area (Å²) in [5.74, 6) is 0. The number of piperidine rings is 1. The smallest absolute Gasteiger partial charge is 0.290 e. The van der Waals surface area contributed by atoms with Gasteiger partial charge in [-0.05, 0) is 33.6 Å². The number of hydrogen-bond donors (Lipinski definition) is 2. The molecule has 0 aromatic carbocycles. The van der Waals surface area contributed by atoms with Crippen LogP contribution >= 0.6 is 11.3 Å². The Bertz CT molecular complexity index is 493. The summed E-state index contributed by atoms with van der Waals surface area (Å²) in [5.41, 5.74) is 0.676. The highest BCUT2D eigenvalue weighted by Gasteiger charge is 2.25. The van der Waals surface area contributed by atoms with E-state index in [2.05, 4.69) is 42.0 Å². The van der Waals surface area contributed by atoms with Crippen LogP contribution in [-0.2, 0) is 4.79 Å². The van der Waals surface area contributed by atoms with Gasteiger partial charge in [-0.3, -0.25) is 4.79 Å². The first-order valence-electron chi connectivity index (χ1n) is 9.85. The third-order valence-corrected chi connectivity index (χ3v) is 3.84. The molecule has 1 aliphatic heterocycles. The lowest BCUT2D eigenvalue weighted by atomic mass is 10.0. The Balaban J connectivity index is -0.000000555. The van der Waals surface area contributed by atoms with E-state index in [0.717, 1.165) is 18.2 Å². The summed E-state index contributed by atoms with van der Waals surface area (Å²) < 4.78 is 0. The molecule has 7 heteroatoms. The van der Waals surface area contributed by atoms with Crippen molar-refractivity contribution >= 4 is 22.9 Å². The molecule has 1 aromatic heterocycles. The maximum Gasteiger partial charge on any atom is 0.290 e. The molecular weight excluding hydrogens is 360 g/mol. The molecule has 0 amide bonds. The van der Waals surface area contributed by atoms with Crippen LogP contribution in [0.5, 0.6) is 0 Å². The van der Waals surface area contributed by atoms with Crippen LogP contribution in [0, 0.1) is 11.3 Å². The van der Waals surface area contributed by atoms with E-state index < -0.39 is 0 Å². The average Bonchev–Trinajstić information content (AvgIpc) is 3.16. The summed E-state index contributed by atoms with van der Waals surface area (Å²) >= 11 is 1.57. The predicted molar refractivity (Wildman–Crippen MR) is 118 cm³/mol. The number of hydrogen-bond acceptors (Lipinski definition) is 6. The minimum Gasteiger partial charge on any atom is -0.483 e. The Labute approximate surface area is 170 Å². The number of nitrogens with one attached hydrogen (secondary N) is 1. The number of nitriles is 1. The van der Waals surface area contributed by atoms with E-state index in [0.29, 0.717) is 11.7 Å². The highest BCUT2D eigenvalue weighted by molar-refractivity contribution is 7.13. The molecule has 2 rings (SSSR count). The van der Waals surface area contributed by atoms with Crippen molar-refractivity contribution < 1.29 is 9.90 Å². The van der Waals surface area contributed by atoms with Gasteiger partial charge in [0.2, 0.25) is 0 Å². The second kappa shape index (κ2) is 19.1. The molecule has 2 N–H and O–H groups in total. The van der Waals surface area contributed by atoms with Crippen LogP contribution in [0.3, 0.4) is 0 Å². The highest BCUT2D eigenvalue weighted by atomic mass is 32.1. The Morgan fingerprint density at radius 3 is 2.22 bits per heavy atom. The summed E-state index contributed by atoms with van der Waals surface area (Å²) in [6, 6.07) is 2.60. The molecule has 1 fully saturated rings. The molecule has 1 unspecified atom stereocenters. The van der Waals surface area contributed by atoms with Gasteiger partial charge in [-0.2, -0.15) is 5.26 Å². The molecule has 0 aliphatic carbocycles. The van der Waals surface area contributed by atoms with E-state index in [1.165, 1.54) is 12.8 Å². The largest absolute Gasteiger partial charge is 0.483 e. The third kappa shape index (κ3) is 15.1. The van der Waals surface area contributed by atoms with Crippen molar-refractivity contribution in [3.8, 4) is 6.07 Å². The van der Waals surface area contributed by atoms with E-state index in [4.69, 9.17) is 15.2 Å². The van der Waals surface area contributed by atoms with E-state index in [9.17, 15) is 0 Å². The Kier molecular flexibility index (Phi) is 21.3. The van der Waals surface area contributed by atoms with Crippen LogP contribution in [0.2, 0.25) is 0 Å². The lowest BCUT2D eigenvalue weighted by molar-refractivity contribution is -0.122. The maximum absolute atomic E-state index is 8.82. The third-order valence-electron chi connectivity index (χ3n) is 2.94. The summed E-state index contributed by atoms with van der Waals surface area (Å²) in [5, 5.41) is 22.2. The number of carboxylic acid groups (broad SMARTS) is 1. The van der Waals surface area contributed by atoms with Crippen LogP contribution < -0.4 is 10.2 Å². The topological polar surface area (TPSA) is 89.3 Å². The second-order valence-electron chi connectivity index (χ2n) is 5.91. The summed E-state index contributed by atoms with van der Waals surface area (Å²) in [6.07, 6.45) is 2.39. The maximum atomic E-state index is 8.82. The van der Waals surface area contributed by atoms with Crippen molar-refractivity contribution in [3.05, 3.63) is 11.1 Å². The number of carbonyl (C=O) groups is 1. The summed E-state index contributed by atoms with van der Waals surface area (Å²) in [7, 11) is 0. The predicted octanol–water partition coefficient (Wildman–Crippen LogP) is 5.15. The van der Waals surface area contributed by atoms with Gasteiger partial charge in [-0.15, -0.1) is 11.3 Å². The summed E-state index contributed by atoms with van der Waals surface area (Å²) in [6.45, 7) is 20.4. The number of nitrogens with zero attached hydrogens (tertiary/aromatic N) is 3. The van der Waals surface area contributed by atoms with E-state index >= 15 is 0 Å². The monoisotopic (exact) mass is 400 g/mol. The Morgan fingerprint density at radius 1 is 1.30 bits per heavy atom. The van der Waals surface area contributed by atoms with Crippen LogP contribution in [0.25, 0.3) is 0 Å². The van der Waals surface area contributed by atoms with Gasteiger partial charge in [0.1, 0.15) is 6.07 Å². The van der Waals surface area contributed by atoms with Crippen molar-refractivity contribution in [1.82, 2.24) is 10.3 Å². The molecule has 6 nitrogen and oxygen atoms in total. The minimum atomic E-state index is -0.250. The Hall–Kier alpha value is -1.65. The molecule has 0 radical (unpaired) electrons. The van der Waals surface area contributed by atoms with Crippen LogP contribution in [0.1, 0.15) is 80.8 Å². The first-order valence-corrected chi connectivity index (χ1v) is 10.7. The Morgan fingerprint density at radius 2 is 1.81 bits per heavy atom. The zero-order chi connectivity index (χ0) is 21.9. The van der Waals surface area contributed by atoms with Gasteiger partial charge in [0.05, 0.1) is 0 Å². The molecule has 0 spiro atoms. The van der Waals surface area contributed by atoms with E-state index in [1.54, 1.807) is 11.3 Å². The summed E-state index contributed by atoms with van der Waals surface area (Å²) in [4.78, 5) is 15.0. The molecule has 1 aliphatic rings. The molecule has 1 atom stereocenters. The van der Waals surface area contributed by atoms with Gasteiger partial charge in [-0.25, -0.2) is 4.98 Å². The SMILES string of the molecule is CC.CC.CC.CC(C)(C)NC1CCCN(c2nc(C#N)cs2)C1.O=CO.